The van der Waals surface area contributed by atoms with Crippen LogP contribution >= 0.6 is 0 Å². The number of nitrogens with one attached hydrogen (secondary N) is 1. The SMILES string of the molecule is CCNC(=O)[C@H](C)CCCc1cc(C)c2c(c1)OC(C)(C)[C@H]1CC=C(C)C[C@@H]21. The summed E-state index contributed by atoms with van der Waals surface area (Å²) in [5.74, 6) is 2.45. The zero-order valence-electron chi connectivity index (χ0n) is 18.5. The van der Waals surface area contributed by atoms with Gasteiger partial charge in [0.15, 0.2) is 0 Å². The van der Waals surface area contributed by atoms with Gasteiger partial charge in [-0.15, -0.1) is 0 Å². The van der Waals surface area contributed by atoms with Gasteiger partial charge in [0.1, 0.15) is 11.4 Å². The maximum Gasteiger partial charge on any atom is 0.222 e. The second-order valence-corrected chi connectivity index (χ2v) is 9.42. The van der Waals surface area contributed by atoms with Crippen LogP contribution in [0.3, 0.4) is 0 Å². The van der Waals surface area contributed by atoms with E-state index in [0.29, 0.717) is 18.4 Å². The summed E-state index contributed by atoms with van der Waals surface area (Å²) in [6, 6.07) is 4.62. The summed E-state index contributed by atoms with van der Waals surface area (Å²) >= 11 is 0. The van der Waals surface area contributed by atoms with Crippen molar-refractivity contribution in [2.24, 2.45) is 11.8 Å². The van der Waals surface area contributed by atoms with E-state index >= 15 is 0 Å². The van der Waals surface area contributed by atoms with E-state index in [-0.39, 0.29) is 17.4 Å². The van der Waals surface area contributed by atoms with Crippen LogP contribution in [0.5, 0.6) is 5.75 Å². The summed E-state index contributed by atoms with van der Waals surface area (Å²) < 4.78 is 6.55. The highest BCUT2D eigenvalue weighted by Gasteiger charge is 2.45. The maximum atomic E-state index is 11.9. The van der Waals surface area contributed by atoms with Crippen LogP contribution in [-0.2, 0) is 11.2 Å². The number of carbonyl (C=O) groups excluding carboxylic acids is 1. The third-order valence-corrected chi connectivity index (χ3v) is 6.69. The van der Waals surface area contributed by atoms with Gasteiger partial charge in [0.25, 0.3) is 0 Å². The van der Waals surface area contributed by atoms with E-state index in [9.17, 15) is 4.79 Å². The Morgan fingerprint density at radius 3 is 2.79 bits per heavy atom. The van der Waals surface area contributed by atoms with Crippen molar-refractivity contribution in [1.29, 1.82) is 0 Å². The molecule has 1 amide bonds. The number of carbonyl (C=O) groups is 1. The van der Waals surface area contributed by atoms with Crippen LogP contribution in [0.2, 0.25) is 0 Å². The van der Waals surface area contributed by atoms with Gasteiger partial charge in [-0.25, -0.2) is 0 Å². The Morgan fingerprint density at radius 1 is 1.32 bits per heavy atom. The molecule has 3 nitrogen and oxygen atoms in total. The molecule has 1 aliphatic heterocycles. The highest BCUT2D eigenvalue weighted by atomic mass is 16.5. The van der Waals surface area contributed by atoms with E-state index in [1.807, 2.05) is 13.8 Å². The standard InChI is InChI=1S/C25H37NO2/c1-7-26-24(27)17(3)9-8-10-19-14-18(4)23-20-13-16(2)11-12-21(20)25(5,6)28-22(23)15-19/h11,14-15,17,20-21H,7-10,12-13H2,1-6H3,(H,26,27)/t17-,20-,21+/m1/s1. The van der Waals surface area contributed by atoms with Crippen molar-refractivity contribution in [2.45, 2.75) is 85.2 Å². The molecule has 1 aliphatic carbocycles. The minimum absolute atomic E-state index is 0.0756. The van der Waals surface area contributed by atoms with Gasteiger partial charge in [-0.1, -0.05) is 24.6 Å². The monoisotopic (exact) mass is 383 g/mol. The lowest BCUT2D eigenvalue weighted by Crippen LogP contribution is -2.45. The smallest absolute Gasteiger partial charge is 0.222 e. The van der Waals surface area contributed by atoms with Crippen LogP contribution in [0, 0.1) is 18.8 Å². The summed E-state index contributed by atoms with van der Waals surface area (Å²) in [4.78, 5) is 11.9. The molecule has 0 saturated carbocycles. The zero-order chi connectivity index (χ0) is 20.5. The van der Waals surface area contributed by atoms with Crippen LogP contribution in [0.15, 0.2) is 23.8 Å². The second-order valence-electron chi connectivity index (χ2n) is 9.42. The van der Waals surface area contributed by atoms with Gasteiger partial charge in [-0.05, 0) is 89.8 Å². The summed E-state index contributed by atoms with van der Waals surface area (Å²) in [6.07, 6.45) is 7.60. The van der Waals surface area contributed by atoms with Crippen molar-refractivity contribution >= 4 is 5.91 Å². The van der Waals surface area contributed by atoms with Crippen molar-refractivity contribution in [2.75, 3.05) is 6.54 Å². The molecule has 1 heterocycles. The summed E-state index contributed by atoms with van der Waals surface area (Å²) in [7, 11) is 0. The quantitative estimate of drug-likeness (QED) is 0.640. The van der Waals surface area contributed by atoms with Crippen molar-refractivity contribution < 1.29 is 9.53 Å². The number of rotatable bonds is 6. The van der Waals surface area contributed by atoms with E-state index < -0.39 is 0 Å². The molecule has 1 aromatic carbocycles. The third kappa shape index (κ3) is 4.29. The van der Waals surface area contributed by atoms with Gasteiger partial charge in [0, 0.05) is 23.9 Å². The summed E-state index contributed by atoms with van der Waals surface area (Å²) in [6.45, 7) is 13.7. The van der Waals surface area contributed by atoms with E-state index in [1.165, 1.54) is 22.3 Å². The first-order valence-electron chi connectivity index (χ1n) is 11.0. The molecular weight excluding hydrogens is 346 g/mol. The van der Waals surface area contributed by atoms with Gasteiger partial charge in [-0.2, -0.15) is 0 Å². The summed E-state index contributed by atoms with van der Waals surface area (Å²) in [5, 5.41) is 2.92. The van der Waals surface area contributed by atoms with Crippen LogP contribution in [0.4, 0.5) is 0 Å². The highest BCUT2D eigenvalue weighted by Crippen LogP contribution is 2.52. The number of allylic oxidation sites excluding steroid dienone is 2. The molecule has 154 valence electrons. The van der Waals surface area contributed by atoms with Gasteiger partial charge in [0.05, 0.1) is 0 Å². The lowest BCUT2D eigenvalue weighted by Gasteiger charge is -2.47. The van der Waals surface area contributed by atoms with Crippen LogP contribution in [0.1, 0.15) is 82.9 Å². The normalized spacial score (nSPS) is 23.7. The Morgan fingerprint density at radius 2 is 2.07 bits per heavy atom. The summed E-state index contributed by atoms with van der Waals surface area (Å²) in [5.41, 5.74) is 5.50. The predicted octanol–water partition coefficient (Wildman–Crippen LogP) is 5.70. The second kappa shape index (κ2) is 8.31. The van der Waals surface area contributed by atoms with Gasteiger partial charge < -0.3 is 10.1 Å². The first-order valence-corrected chi connectivity index (χ1v) is 11.0. The molecule has 1 aromatic rings. The first-order chi connectivity index (χ1) is 13.2. The van der Waals surface area contributed by atoms with Gasteiger partial charge in [-0.3, -0.25) is 4.79 Å². The number of hydrogen-bond acceptors (Lipinski definition) is 2. The highest BCUT2D eigenvalue weighted by molar-refractivity contribution is 5.78. The number of fused-ring (bicyclic) bond motifs is 3. The fourth-order valence-corrected chi connectivity index (χ4v) is 5.13. The largest absolute Gasteiger partial charge is 0.487 e. The molecule has 1 N–H and O–H groups in total. The lowest BCUT2D eigenvalue weighted by molar-refractivity contribution is -0.124. The molecule has 0 fully saturated rings. The van der Waals surface area contributed by atoms with E-state index in [0.717, 1.165) is 37.9 Å². The molecule has 0 spiro atoms. The van der Waals surface area contributed by atoms with Crippen LogP contribution in [0.25, 0.3) is 0 Å². The molecule has 0 saturated heterocycles. The molecule has 0 aromatic heterocycles. The third-order valence-electron chi connectivity index (χ3n) is 6.69. The Hall–Kier alpha value is -1.77. The average Bonchev–Trinajstić information content (AvgIpc) is 2.60. The predicted molar refractivity (Wildman–Crippen MR) is 116 cm³/mol. The molecule has 0 radical (unpaired) electrons. The Labute approximate surface area is 170 Å². The minimum atomic E-state index is -0.132. The molecule has 0 bridgehead atoms. The molecule has 3 rings (SSSR count). The van der Waals surface area contributed by atoms with Crippen LogP contribution < -0.4 is 10.1 Å². The van der Waals surface area contributed by atoms with Crippen LogP contribution in [-0.4, -0.2) is 18.1 Å². The molecule has 0 unspecified atom stereocenters. The molecular formula is C25H37NO2. The number of aryl methyl sites for hydroxylation is 2. The fourth-order valence-electron chi connectivity index (χ4n) is 5.13. The Kier molecular flexibility index (Phi) is 6.21. The van der Waals surface area contributed by atoms with Crippen molar-refractivity contribution in [1.82, 2.24) is 5.32 Å². The minimum Gasteiger partial charge on any atom is -0.487 e. The molecule has 3 atom stereocenters. The van der Waals surface area contributed by atoms with E-state index in [2.05, 4.69) is 51.2 Å². The Balaban J connectivity index is 1.75. The van der Waals surface area contributed by atoms with Crippen molar-refractivity contribution in [3.05, 3.63) is 40.5 Å². The number of ether oxygens (including phenoxy) is 1. The van der Waals surface area contributed by atoms with E-state index in [4.69, 9.17) is 4.74 Å². The van der Waals surface area contributed by atoms with Gasteiger partial charge in [0.2, 0.25) is 5.91 Å². The Bertz CT molecular complexity index is 762. The maximum absolute atomic E-state index is 11.9. The number of hydrogen-bond donors (Lipinski definition) is 1. The average molecular weight is 384 g/mol. The zero-order valence-corrected chi connectivity index (χ0v) is 18.5. The van der Waals surface area contributed by atoms with Crippen molar-refractivity contribution in [3.8, 4) is 5.75 Å². The topological polar surface area (TPSA) is 38.3 Å². The number of amides is 1. The van der Waals surface area contributed by atoms with Crippen molar-refractivity contribution in [3.63, 3.8) is 0 Å². The van der Waals surface area contributed by atoms with E-state index in [1.54, 1.807) is 0 Å². The molecule has 28 heavy (non-hydrogen) atoms. The first kappa shape index (κ1) is 21.0. The lowest BCUT2D eigenvalue weighted by atomic mass is 9.66. The molecule has 2 aliphatic rings. The number of benzene rings is 1. The fraction of sp³-hybridized carbons (Fsp3) is 0.640. The van der Waals surface area contributed by atoms with Gasteiger partial charge >= 0.3 is 0 Å². The molecule has 3 heteroatoms.